The summed E-state index contributed by atoms with van der Waals surface area (Å²) in [7, 11) is 0. The van der Waals surface area contributed by atoms with Crippen LogP contribution in [0.1, 0.15) is 89.9 Å². The predicted octanol–water partition coefficient (Wildman–Crippen LogP) is 3.54. The van der Waals surface area contributed by atoms with E-state index in [1.54, 1.807) is 0 Å². The van der Waals surface area contributed by atoms with Gasteiger partial charge in [-0.3, -0.25) is 39.9 Å². The number of nitro groups is 2. The molecule has 0 heterocycles. The van der Waals surface area contributed by atoms with Crippen LogP contribution in [-0.4, -0.2) is 86.5 Å². The van der Waals surface area contributed by atoms with Crippen LogP contribution in [0.15, 0.2) is 0 Å². The number of carboxylic acids is 2. The molecule has 45 heavy (non-hydrogen) atoms. The van der Waals surface area contributed by atoms with Gasteiger partial charge in [0.2, 0.25) is 12.1 Å². The van der Waals surface area contributed by atoms with Crippen molar-refractivity contribution in [2.75, 3.05) is 6.79 Å². The third-order valence-electron chi connectivity index (χ3n) is 10.5. The monoisotopic (exact) mass is 644 g/mol. The van der Waals surface area contributed by atoms with E-state index in [9.17, 15) is 50.1 Å². The summed E-state index contributed by atoms with van der Waals surface area (Å²) in [5, 5.41) is 51.5. The van der Waals surface area contributed by atoms with Gasteiger partial charge < -0.3 is 24.4 Å². The Balaban J connectivity index is 1.16. The van der Waals surface area contributed by atoms with Crippen LogP contribution in [0.4, 0.5) is 0 Å². The minimum atomic E-state index is -1.15. The molecule has 0 aromatic heterocycles. The van der Waals surface area contributed by atoms with E-state index in [-0.39, 0.29) is 68.4 Å². The number of nitrogens with zero attached hydrogens (tertiary/aromatic N) is 2. The summed E-state index contributed by atoms with van der Waals surface area (Å²) in [5.74, 6) is -6.52. The van der Waals surface area contributed by atoms with Gasteiger partial charge in [0.15, 0.2) is 0 Å². The Labute approximate surface area is 259 Å². The summed E-state index contributed by atoms with van der Waals surface area (Å²) < 4.78 is 17.4. The first-order valence-electron chi connectivity index (χ1n) is 15.9. The molecule has 16 heteroatoms. The third kappa shape index (κ3) is 9.08. The molecule has 7 unspecified atom stereocenters. The molecule has 16 nitrogen and oxygen atoms in total. The molecule has 4 aliphatic rings. The summed E-state index contributed by atoms with van der Waals surface area (Å²) in [6.07, 6.45) is 3.72. The first kappa shape index (κ1) is 34.9. The highest BCUT2D eigenvalue weighted by atomic mass is 17.1. The summed E-state index contributed by atoms with van der Waals surface area (Å²) in [6.45, 7) is 0.0588. The number of hydrogen-bond acceptors (Lipinski definition) is 12. The second-order valence-electron chi connectivity index (χ2n) is 13.1. The van der Waals surface area contributed by atoms with Gasteiger partial charge in [0.05, 0.1) is 36.1 Å². The van der Waals surface area contributed by atoms with Crippen LogP contribution >= 0.6 is 0 Å². The highest BCUT2D eigenvalue weighted by Gasteiger charge is 2.47. The summed E-state index contributed by atoms with van der Waals surface area (Å²) in [6, 6.07) is -1.81. The van der Waals surface area contributed by atoms with Crippen molar-refractivity contribution in [1.29, 1.82) is 0 Å². The third-order valence-corrected chi connectivity index (χ3v) is 10.5. The molecule has 254 valence electrons. The van der Waals surface area contributed by atoms with Gasteiger partial charge in [-0.25, -0.2) is 4.89 Å². The largest absolute Gasteiger partial charge is 0.481 e. The number of esters is 1. The molecule has 4 aliphatic carbocycles. The van der Waals surface area contributed by atoms with Crippen LogP contribution in [0, 0.1) is 49.8 Å². The van der Waals surface area contributed by atoms with Crippen molar-refractivity contribution in [1.82, 2.24) is 0 Å². The van der Waals surface area contributed by atoms with E-state index in [0.717, 1.165) is 0 Å². The topological polar surface area (TPSA) is 235 Å². The van der Waals surface area contributed by atoms with E-state index in [0.29, 0.717) is 51.4 Å². The molecule has 0 radical (unpaired) electrons. The number of hydrogen-bond donors (Lipinski definition) is 3. The van der Waals surface area contributed by atoms with E-state index < -0.39 is 70.8 Å². The van der Waals surface area contributed by atoms with Crippen molar-refractivity contribution in [2.24, 2.45) is 29.6 Å². The number of ether oxygens (including phenoxy) is 3. The number of aliphatic carboxylic acids is 2. The van der Waals surface area contributed by atoms with E-state index in [2.05, 4.69) is 0 Å². The van der Waals surface area contributed by atoms with E-state index >= 15 is 0 Å². The van der Waals surface area contributed by atoms with Crippen LogP contribution in [0.2, 0.25) is 0 Å². The normalized spacial score (nSPS) is 36.4. The lowest BCUT2D eigenvalue weighted by Gasteiger charge is -2.40. The number of rotatable bonds is 13. The van der Waals surface area contributed by atoms with Gasteiger partial charge in [0, 0.05) is 41.4 Å². The van der Waals surface area contributed by atoms with Gasteiger partial charge in [-0.15, -0.1) is 0 Å². The summed E-state index contributed by atoms with van der Waals surface area (Å²) >= 11 is 0. The van der Waals surface area contributed by atoms with Crippen molar-refractivity contribution in [3.63, 3.8) is 0 Å². The summed E-state index contributed by atoms with van der Waals surface area (Å²) in [5.41, 5.74) is 0. The number of carbonyl (C=O) groups excluding carboxylic acids is 1. The highest BCUT2D eigenvalue weighted by Crippen LogP contribution is 2.41. The molecule has 0 saturated heterocycles. The Morgan fingerprint density at radius 2 is 1.16 bits per heavy atom. The Hall–Kier alpha value is -2.95. The lowest BCUT2D eigenvalue weighted by Crippen LogP contribution is -2.46. The molecule has 0 aromatic carbocycles. The second kappa shape index (κ2) is 16.1. The first-order chi connectivity index (χ1) is 21.5. The fraction of sp³-hybridized carbons (Fsp3) is 0.897. The molecule has 3 N–H and O–H groups in total. The lowest BCUT2D eigenvalue weighted by atomic mass is 9.69. The van der Waals surface area contributed by atoms with E-state index in [1.807, 2.05) is 0 Å². The fourth-order valence-corrected chi connectivity index (χ4v) is 7.84. The predicted molar refractivity (Wildman–Crippen MR) is 151 cm³/mol. The molecule has 4 fully saturated rings. The van der Waals surface area contributed by atoms with Crippen LogP contribution < -0.4 is 0 Å². The van der Waals surface area contributed by atoms with E-state index in [1.165, 1.54) is 0 Å². The molecule has 0 amide bonds. The fourth-order valence-electron chi connectivity index (χ4n) is 7.84. The molecule has 0 aromatic rings. The Bertz CT molecular complexity index is 1060. The number of carboxylic acid groups (broad SMARTS) is 2. The Kier molecular flexibility index (Phi) is 12.5. The van der Waals surface area contributed by atoms with Crippen LogP contribution in [0.25, 0.3) is 0 Å². The molecule has 0 spiro atoms. The SMILES string of the molecule is O=C(O)C1CCC([N+](=O)[O-])CC1C(=O)OC1CCC(OCOC2CCC(C(OO)C3CC([N+](=O)[O-])CCC3C(=O)O)CC2)CC1. The minimum absolute atomic E-state index is 0.0480. The molecule has 0 aliphatic heterocycles. The van der Waals surface area contributed by atoms with Crippen LogP contribution in [-0.2, 0) is 33.5 Å². The zero-order chi connectivity index (χ0) is 32.7. The standard InChI is InChI=1S/C29H44N2O14/c32-27(33)22-11-3-17(30(37)38)13-24(22)26(45-41)16-1-5-19(6-2-16)42-15-43-20-7-9-21(10-8-20)44-29(36)25-14-18(31(39)40)4-12-23(25)28(34)35/h16-26,41H,1-15H2,(H,32,33)(H,34,35). The van der Waals surface area contributed by atoms with Gasteiger partial charge in [-0.2, -0.15) is 0 Å². The summed E-state index contributed by atoms with van der Waals surface area (Å²) in [4.78, 5) is 62.8. The van der Waals surface area contributed by atoms with Gasteiger partial charge in [-0.1, -0.05) is 0 Å². The van der Waals surface area contributed by atoms with Gasteiger partial charge in [0.25, 0.3) is 0 Å². The molecule has 4 rings (SSSR count). The Morgan fingerprint density at radius 3 is 1.67 bits per heavy atom. The lowest BCUT2D eigenvalue weighted by molar-refractivity contribution is -0.530. The average Bonchev–Trinajstić information content (AvgIpc) is 3.02. The van der Waals surface area contributed by atoms with Crippen molar-refractivity contribution in [3.8, 4) is 0 Å². The molecular weight excluding hydrogens is 600 g/mol. The van der Waals surface area contributed by atoms with E-state index in [4.69, 9.17) is 19.1 Å². The maximum absolute atomic E-state index is 12.8. The maximum atomic E-state index is 12.8. The van der Waals surface area contributed by atoms with Crippen LogP contribution in [0.3, 0.4) is 0 Å². The molecule has 7 atom stereocenters. The van der Waals surface area contributed by atoms with Crippen molar-refractivity contribution < 1.29 is 58.8 Å². The zero-order valence-corrected chi connectivity index (χ0v) is 25.2. The van der Waals surface area contributed by atoms with Gasteiger partial charge in [0.1, 0.15) is 12.9 Å². The zero-order valence-electron chi connectivity index (χ0n) is 25.2. The quantitative estimate of drug-likeness (QED) is 0.0855. The molecule has 4 saturated carbocycles. The number of carbonyl (C=O) groups is 3. The highest BCUT2D eigenvalue weighted by molar-refractivity contribution is 5.81. The maximum Gasteiger partial charge on any atom is 0.310 e. The molecular formula is C29H44N2O14. The van der Waals surface area contributed by atoms with Crippen molar-refractivity contribution in [3.05, 3.63) is 20.2 Å². The van der Waals surface area contributed by atoms with Gasteiger partial charge in [-0.05, 0) is 70.1 Å². The molecule has 0 bridgehead atoms. The second-order valence-corrected chi connectivity index (χ2v) is 13.1. The van der Waals surface area contributed by atoms with Gasteiger partial charge >= 0.3 is 17.9 Å². The van der Waals surface area contributed by atoms with Crippen molar-refractivity contribution in [2.45, 2.75) is 126 Å². The average molecular weight is 645 g/mol. The minimum Gasteiger partial charge on any atom is -0.481 e. The smallest absolute Gasteiger partial charge is 0.310 e. The first-order valence-corrected chi connectivity index (χ1v) is 15.9. The Morgan fingerprint density at radius 1 is 0.667 bits per heavy atom. The van der Waals surface area contributed by atoms with Crippen LogP contribution in [0.5, 0.6) is 0 Å². The van der Waals surface area contributed by atoms with Crippen molar-refractivity contribution >= 4 is 17.9 Å².